The first-order valence-electron chi connectivity index (χ1n) is 12.1. The lowest BCUT2D eigenvalue weighted by atomic mass is 9.92. The maximum Gasteiger partial charge on any atom is 0.337 e. The Kier molecular flexibility index (Phi) is 8.72. The van der Waals surface area contributed by atoms with Crippen LogP contribution in [0.15, 0.2) is 77.7 Å². The van der Waals surface area contributed by atoms with Crippen molar-refractivity contribution in [2.45, 2.75) is 30.3 Å². The smallest absolute Gasteiger partial charge is 0.337 e. The molecule has 204 valence electrons. The summed E-state index contributed by atoms with van der Waals surface area (Å²) in [4.78, 5) is 36.5. The van der Waals surface area contributed by atoms with Gasteiger partial charge in [-0.2, -0.15) is 4.31 Å². The number of hydrogen-bond donors (Lipinski definition) is 1. The molecule has 0 saturated carbocycles. The molecule has 3 aromatic rings. The highest BCUT2D eigenvalue weighted by atomic mass is 32.2. The number of halogens is 1. The van der Waals surface area contributed by atoms with Crippen LogP contribution in [0.2, 0.25) is 0 Å². The topological polar surface area (TPSA) is 119 Å². The molecule has 4 rings (SSSR count). The van der Waals surface area contributed by atoms with Gasteiger partial charge in [0.15, 0.2) is 6.61 Å². The van der Waals surface area contributed by atoms with Crippen molar-refractivity contribution in [3.8, 4) is 0 Å². The first-order valence-corrected chi connectivity index (χ1v) is 13.6. The number of sulfonamides is 1. The number of rotatable bonds is 9. The van der Waals surface area contributed by atoms with Crippen LogP contribution >= 0.6 is 0 Å². The predicted octanol–water partition coefficient (Wildman–Crippen LogP) is 3.15. The molecule has 9 nitrogen and oxygen atoms in total. The van der Waals surface area contributed by atoms with Crippen LogP contribution in [-0.2, 0) is 42.1 Å². The molecule has 0 aliphatic carbocycles. The van der Waals surface area contributed by atoms with Crippen LogP contribution < -0.4 is 5.32 Å². The van der Waals surface area contributed by atoms with E-state index >= 15 is 0 Å². The number of hydrogen-bond acceptors (Lipinski definition) is 7. The number of carbonyl (C=O) groups excluding carboxylic acids is 3. The quantitative estimate of drug-likeness (QED) is 0.404. The van der Waals surface area contributed by atoms with Crippen LogP contribution in [-0.4, -0.2) is 50.8 Å². The fraction of sp³-hybridized carbons (Fsp3) is 0.250. The summed E-state index contributed by atoms with van der Waals surface area (Å²) in [7, 11) is -2.76. The van der Waals surface area contributed by atoms with Crippen LogP contribution in [0.1, 0.15) is 39.5 Å². The van der Waals surface area contributed by atoms with Crippen molar-refractivity contribution in [2.75, 3.05) is 20.3 Å². The second-order valence-corrected chi connectivity index (χ2v) is 10.8. The molecule has 3 aromatic carbocycles. The van der Waals surface area contributed by atoms with E-state index in [1.165, 1.54) is 23.5 Å². The Balaban J connectivity index is 1.39. The largest absolute Gasteiger partial charge is 0.465 e. The Morgan fingerprint density at radius 1 is 1.00 bits per heavy atom. The predicted molar refractivity (Wildman–Crippen MR) is 138 cm³/mol. The van der Waals surface area contributed by atoms with E-state index in [0.717, 1.165) is 23.3 Å². The fourth-order valence-corrected chi connectivity index (χ4v) is 5.97. The van der Waals surface area contributed by atoms with Crippen molar-refractivity contribution in [1.29, 1.82) is 0 Å². The van der Waals surface area contributed by atoms with E-state index in [-0.39, 0.29) is 24.4 Å². The van der Waals surface area contributed by atoms with E-state index in [1.807, 2.05) is 12.1 Å². The normalized spacial score (nSPS) is 15.2. The minimum absolute atomic E-state index is 0.0827. The minimum Gasteiger partial charge on any atom is -0.465 e. The molecule has 0 radical (unpaired) electrons. The molecule has 1 unspecified atom stereocenters. The van der Waals surface area contributed by atoms with Crippen LogP contribution in [0.3, 0.4) is 0 Å². The Morgan fingerprint density at radius 2 is 1.69 bits per heavy atom. The van der Waals surface area contributed by atoms with Gasteiger partial charge >= 0.3 is 11.9 Å². The van der Waals surface area contributed by atoms with E-state index in [9.17, 15) is 27.2 Å². The molecule has 0 spiro atoms. The third kappa shape index (κ3) is 6.68. The Hall–Kier alpha value is -4.09. The lowest BCUT2D eigenvalue weighted by molar-refractivity contribution is -0.149. The molecule has 1 aliphatic rings. The number of methoxy groups -OCH3 is 1. The summed E-state index contributed by atoms with van der Waals surface area (Å²) in [6.07, 6.45) is 0.144. The molecular formula is C28H27FN2O7S. The van der Waals surface area contributed by atoms with E-state index in [4.69, 9.17) is 4.74 Å². The first-order chi connectivity index (χ1) is 18.7. The lowest BCUT2D eigenvalue weighted by Crippen LogP contribution is -2.41. The van der Waals surface area contributed by atoms with Gasteiger partial charge in [-0.1, -0.05) is 36.4 Å². The zero-order chi connectivity index (χ0) is 28.0. The molecule has 0 fully saturated rings. The first kappa shape index (κ1) is 27.9. The Labute approximate surface area is 225 Å². The Bertz CT molecular complexity index is 1460. The summed E-state index contributed by atoms with van der Waals surface area (Å²) in [5.41, 5.74) is 2.69. The van der Waals surface area contributed by atoms with Crippen molar-refractivity contribution in [1.82, 2.24) is 9.62 Å². The number of amides is 1. The molecule has 0 saturated heterocycles. The second-order valence-electron chi connectivity index (χ2n) is 8.86. The second kappa shape index (κ2) is 12.2. The van der Waals surface area contributed by atoms with Crippen LogP contribution in [0.25, 0.3) is 0 Å². The molecule has 11 heteroatoms. The minimum atomic E-state index is -4.05. The van der Waals surface area contributed by atoms with Gasteiger partial charge in [0.25, 0.3) is 5.91 Å². The van der Waals surface area contributed by atoms with Gasteiger partial charge in [0.1, 0.15) is 5.82 Å². The molecule has 0 bridgehead atoms. The lowest BCUT2D eigenvalue weighted by Gasteiger charge is -2.36. The molecule has 1 aliphatic heterocycles. The summed E-state index contributed by atoms with van der Waals surface area (Å²) in [5, 5.41) is 2.63. The van der Waals surface area contributed by atoms with Gasteiger partial charge in [-0.15, -0.1) is 0 Å². The number of fused-ring (bicyclic) bond motifs is 1. The maximum absolute atomic E-state index is 13.4. The molecule has 1 heterocycles. The van der Waals surface area contributed by atoms with E-state index in [2.05, 4.69) is 10.1 Å². The van der Waals surface area contributed by atoms with Gasteiger partial charge in [0.05, 0.1) is 30.0 Å². The molecular weight excluding hydrogens is 527 g/mol. The highest BCUT2D eigenvalue weighted by molar-refractivity contribution is 7.89. The standard InChI is InChI=1S/C28H27FN2O7S/c1-37-28(34)21-8-6-19(7-9-21)17-30-26(32)18-38-27(33)16-25-24-5-3-2-4-20(24)14-15-31(25)39(35,36)23-12-10-22(29)11-13-23/h2-13,25H,14-18H2,1H3,(H,30,32). The molecule has 1 atom stereocenters. The number of nitrogens with zero attached hydrogens (tertiary/aromatic N) is 1. The number of ether oxygens (including phenoxy) is 2. The van der Waals surface area contributed by atoms with Gasteiger partial charge in [-0.05, 0) is 59.5 Å². The van der Waals surface area contributed by atoms with E-state index < -0.39 is 46.3 Å². The number of nitrogens with one attached hydrogen (secondary N) is 1. The average molecular weight is 555 g/mol. The monoisotopic (exact) mass is 554 g/mol. The molecule has 0 aromatic heterocycles. The Morgan fingerprint density at radius 3 is 2.38 bits per heavy atom. The number of benzene rings is 3. The third-order valence-corrected chi connectivity index (χ3v) is 8.29. The number of carbonyl (C=O) groups is 3. The highest BCUT2D eigenvalue weighted by Gasteiger charge is 2.38. The van der Waals surface area contributed by atoms with Crippen LogP contribution in [0, 0.1) is 5.82 Å². The SMILES string of the molecule is COC(=O)c1ccc(CNC(=O)COC(=O)CC2c3ccccc3CCN2S(=O)(=O)c2ccc(F)cc2)cc1. The van der Waals surface area contributed by atoms with Crippen molar-refractivity contribution >= 4 is 27.9 Å². The third-order valence-electron chi connectivity index (χ3n) is 6.37. The molecule has 39 heavy (non-hydrogen) atoms. The van der Waals surface area contributed by atoms with E-state index in [0.29, 0.717) is 17.5 Å². The van der Waals surface area contributed by atoms with Gasteiger partial charge in [0.2, 0.25) is 10.0 Å². The summed E-state index contributed by atoms with van der Waals surface area (Å²) in [5.74, 6) is -2.31. The average Bonchev–Trinajstić information content (AvgIpc) is 2.95. The van der Waals surface area contributed by atoms with Crippen molar-refractivity contribution in [3.63, 3.8) is 0 Å². The van der Waals surface area contributed by atoms with Crippen molar-refractivity contribution in [2.24, 2.45) is 0 Å². The molecule has 1 amide bonds. The van der Waals surface area contributed by atoms with Gasteiger partial charge in [-0.25, -0.2) is 17.6 Å². The summed E-state index contributed by atoms with van der Waals surface area (Å²) in [6, 6.07) is 17.4. The zero-order valence-electron chi connectivity index (χ0n) is 21.1. The summed E-state index contributed by atoms with van der Waals surface area (Å²) in [6.45, 7) is -0.264. The zero-order valence-corrected chi connectivity index (χ0v) is 21.9. The van der Waals surface area contributed by atoms with Gasteiger partial charge < -0.3 is 14.8 Å². The van der Waals surface area contributed by atoms with Crippen molar-refractivity contribution < 1.29 is 36.7 Å². The van der Waals surface area contributed by atoms with Crippen LogP contribution in [0.5, 0.6) is 0 Å². The molecule has 1 N–H and O–H groups in total. The van der Waals surface area contributed by atoms with E-state index in [1.54, 1.807) is 36.4 Å². The fourth-order valence-electron chi connectivity index (χ4n) is 4.36. The van der Waals surface area contributed by atoms with Crippen molar-refractivity contribution in [3.05, 3.63) is 101 Å². The summed E-state index contributed by atoms with van der Waals surface area (Å²) >= 11 is 0. The van der Waals surface area contributed by atoms with Gasteiger partial charge in [0, 0.05) is 13.1 Å². The van der Waals surface area contributed by atoms with Gasteiger partial charge in [-0.3, -0.25) is 9.59 Å². The maximum atomic E-state index is 13.4. The summed E-state index contributed by atoms with van der Waals surface area (Å²) < 4.78 is 51.3. The highest BCUT2D eigenvalue weighted by Crippen LogP contribution is 2.36. The van der Waals surface area contributed by atoms with Crippen LogP contribution in [0.4, 0.5) is 4.39 Å². The number of esters is 2.